The number of hydrogen-bond donors (Lipinski definition) is 1. The second-order valence-corrected chi connectivity index (χ2v) is 5.94. The van der Waals surface area contributed by atoms with Crippen molar-refractivity contribution in [2.45, 2.75) is 32.6 Å². The van der Waals surface area contributed by atoms with Gasteiger partial charge in [-0.2, -0.15) is 18.6 Å². The summed E-state index contributed by atoms with van der Waals surface area (Å²) in [5.74, 6) is 0. The van der Waals surface area contributed by atoms with Gasteiger partial charge in [0.2, 0.25) is 0 Å². The van der Waals surface area contributed by atoms with E-state index in [0.29, 0.717) is 5.69 Å². The molecule has 1 aromatic rings. The first-order valence-corrected chi connectivity index (χ1v) is 8.23. The van der Waals surface area contributed by atoms with Gasteiger partial charge >= 0.3 is 0 Å². The molecule has 5 nitrogen and oxygen atoms in total. The number of hydrogen-bond acceptors (Lipinski definition) is 4. The van der Waals surface area contributed by atoms with Crippen molar-refractivity contribution in [1.82, 2.24) is 0 Å². The summed E-state index contributed by atoms with van der Waals surface area (Å²) in [7, 11) is -4.19. The summed E-state index contributed by atoms with van der Waals surface area (Å²) in [5.41, 5.74) is 3.32. The molecule has 0 heterocycles. The van der Waals surface area contributed by atoms with E-state index in [2.05, 4.69) is 10.2 Å². The quantitative estimate of drug-likeness (QED) is 0.479. The molecule has 0 radical (unpaired) electrons. The Balaban J connectivity index is 3.05. The molecule has 0 unspecified atom stereocenters. The molecule has 0 saturated carbocycles. The van der Waals surface area contributed by atoms with Crippen LogP contribution in [0.1, 0.15) is 27.7 Å². The van der Waals surface area contributed by atoms with Crippen molar-refractivity contribution < 1.29 is 13.0 Å². The van der Waals surface area contributed by atoms with Gasteiger partial charge in [0.05, 0.1) is 16.3 Å². The zero-order valence-electron chi connectivity index (χ0n) is 13.1. The fraction of sp³-hybridized carbons (Fsp3) is 0.250. The Morgan fingerprint density at radius 1 is 1.05 bits per heavy atom. The average Bonchev–Trinajstić information content (AvgIpc) is 2.50. The summed E-state index contributed by atoms with van der Waals surface area (Å²) in [6.45, 7) is 7.76. The molecule has 1 N–H and O–H groups in total. The second-order valence-electron chi connectivity index (χ2n) is 4.52. The first-order chi connectivity index (χ1) is 10.3. The monoisotopic (exact) mass is 320 g/mol. The van der Waals surface area contributed by atoms with Gasteiger partial charge in [0, 0.05) is 0 Å². The molecule has 0 amide bonds. The fourth-order valence-corrected chi connectivity index (χ4v) is 2.28. The van der Waals surface area contributed by atoms with Crippen LogP contribution in [0.4, 0.5) is 5.69 Å². The Hall–Kier alpha value is -2.05. The molecule has 22 heavy (non-hydrogen) atoms. The van der Waals surface area contributed by atoms with Crippen LogP contribution in [0.5, 0.6) is 0 Å². The lowest BCUT2D eigenvalue weighted by molar-refractivity contribution is 0.483. The predicted octanol–water partition coefficient (Wildman–Crippen LogP) is 4.83. The van der Waals surface area contributed by atoms with Gasteiger partial charge < -0.3 is 0 Å². The van der Waals surface area contributed by atoms with Crippen LogP contribution in [0.15, 0.2) is 74.5 Å². The van der Waals surface area contributed by atoms with Crippen LogP contribution in [-0.4, -0.2) is 13.0 Å². The van der Waals surface area contributed by atoms with E-state index in [-0.39, 0.29) is 4.90 Å². The lowest BCUT2D eigenvalue weighted by atomic mass is 10.0. The van der Waals surface area contributed by atoms with Crippen molar-refractivity contribution in [2.75, 3.05) is 0 Å². The molecule has 0 saturated heterocycles. The third kappa shape index (κ3) is 4.75. The topological polar surface area (TPSA) is 79.1 Å². The molecule has 0 aromatic heterocycles. The molecule has 0 aliphatic carbocycles. The van der Waals surface area contributed by atoms with Crippen molar-refractivity contribution in [3.8, 4) is 0 Å². The van der Waals surface area contributed by atoms with E-state index in [0.717, 1.165) is 16.8 Å². The van der Waals surface area contributed by atoms with Crippen LogP contribution in [0.2, 0.25) is 0 Å². The summed E-state index contributed by atoms with van der Waals surface area (Å²) in [4.78, 5) is -0.170. The maximum atomic E-state index is 11.0. The molecule has 0 spiro atoms. The summed E-state index contributed by atoms with van der Waals surface area (Å²) in [5, 5.41) is 8.31. The Bertz CT molecular complexity index is 740. The molecular formula is C16H20N2O3S. The van der Waals surface area contributed by atoms with Crippen LogP contribution in [0, 0.1) is 0 Å². The van der Waals surface area contributed by atoms with Gasteiger partial charge in [0.25, 0.3) is 10.1 Å². The summed E-state index contributed by atoms with van der Waals surface area (Å²) in [6, 6.07) is 5.54. The molecule has 1 rings (SSSR count). The van der Waals surface area contributed by atoms with E-state index in [1.54, 1.807) is 0 Å². The zero-order chi connectivity index (χ0) is 16.8. The predicted molar refractivity (Wildman–Crippen MR) is 87.7 cm³/mol. The SMILES string of the molecule is C\C=C(C)/C(=C\C)C(=C\C)/N=N/c1ccc(S(=O)(=O)O)cc1. The largest absolute Gasteiger partial charge is 0.294 e. The first-order valence-electron chi connectivity index (χ1n) is 6.79. The highest BCUT2D eigenvalue weighted by atomic mass is 32.2. The Morgan fingerprint density at radius 3 is 2.05 bits per heavy atom. The van der Waals surface area contributed by atoms with E-state index in [1.807, 2.05) is 45.9 Å². The van der Waals surface area contributed by atoms with E-state index in [9.17, 15) is 8.42 Å². The van der Waals surface area contributed by atoms with Gasteiger partial charge in [-0.3, -0.25) is 4.55 Å². The second kappa shape index (κ2) is 7.82. The molecule has 1 aromatic carbocycles. The number of nitrogens with zero attached hydrogens (tertiary/aromatic N) is 2. The highest BCUT2D eigenvalue weighted by molar-refractivity contribution is 7.85. The maximum Gasteiger partial charge on any atom is 0.294 e. The highest BCUT2D eigenvalue weighted by Crippen LogP contribution is 2.23. The van der Waals surface area contributed by atoms with Crippen LogP contribution in [0.25, 0.3) is 0 Å². The molecule has 0 fully saturated rings. The smallest absolute Gasteiger partial charge is 0.282 e. The van der Waals surface area contributed by atoms with Crippen molar-refractivity contribution in [3.63, 3.8) is 0 Å². The summed E-state index contributed by atoms with van der Waals surface area (Å²) >= 11 is 0. The van der Waals surface area contributed by atoms with Crippen molar-refractivity contribution in [3.05, 3.63) is 59.3 Å². The molecule has 0 aliphatic rings. The molecule has 6 heteroatoms. The third-order valence-electron chi connectivity index (χ3n) is 3.10. The minimum Gasteiger partial charge on any atom is -0.282 e. The molecule has 0 aliphatic heterocycles. The van der Waals surface area contributed by atoms with Crippen molar-refractivity contribution >= 4 is 15.8 Å². The van der Waals surface area contributed by atoms with Crippen LogP contribution < -0.4 is 0 Å². The molecular weight excluding hydrogens is 300 g/mol. The Kier molecular flexibility index (Phi) is 6.39. The van der Waals surface area contributed by atoms with Gasteiger partial charge in [-0.25, -0.2) is 0 Å². The highest BCUT2D eigenvalue weighted by Gasteiger charge is 2.08. The van der Waals surface area contributed by atoms with Crippen molar-refractivity contribution in [1.29, 1.82) is 0 Å². The fourth-order valence-electron chi connectivity index (χ4n) is 1.80. The summed E-state index contributed by atoms with van der Waals surface area (Å²) in [6.07, 6.45) is 5.82. The van der Waals surface area contributed by atoms with Gasteiger partial charge in [0.1, 0.15) is 0 Å². The van der Waals surface area contributed by atoms with Gasteiger partial charge in [-0.05, 0) is 63.1 Å². The van der Waals surface area contributed by atoms with Gasteiger partial charge in [-0.1, -0.05) is 18.2 Å². The normalized spacial score (nSPS) is 14.7. The molecule has 118 valence electrons. The van der Waals surface area contributed by atoms with Crippen LogP contribution >= 0.6 is 0 Å². The average molecular weight is 320 g/mol. The van der Waals surface area contributed by atoms with Gasteiger partial charge in [-0.15, -0.1) is 0 Å². The number of azo groups is 1. The lowest BCUT2D eigenvalue weighted by Crippen LogP contribution is -1.96. The number of rotatable bonds is 5. The van der Waals surface area contributed by atoms with E-state index in [4.69, 9.17) is 4.55 Å². The van der Waals surface area contributed by atoms with E-state index >= 15 is 0 Å². The lowest BCUT2D eigenvalue weighted by Gasteiger charge is -2.06. The molecule has 0 atom stereocenters. The van der Waals surface area contributed by atoms with Crippen LogP contribution in [-0.2, 0) is 10.1 Å². The Morgan fingerprint density at radius 2 is 1.64 bits per heavy atom. The van der Waals surface area contributed by atoms with Crippen LogP contribution in [0.3, 0.4) is 0 Å². The first kappa shape index (κ1) is 18.0. The third-order valence-corrected chi connectivity index (χ3v) is 3.97. The standard InChI is InChI=1S/C16H20N2O3S/c1-5-12(4)15(6-2)16(7-3)18-17-13-8-10-14(11-9-13)22(19,20)21/h5-11H,1-4H3,(H,19,20,21)/b12-5-,15-6+,16-7+,18-17+. The number of allylic oxidation sites excluding steroid dienone is 4. The Labute approximate surface area is 131 Å². The van der Waals surface area contributed by atoms with Gasteiger partial charge in [0.15, 0.2) is 0 Å². The summed E-state index contributed by atoms with van der Waals surface area (Å²) < 4.78 is 30.9. The van der Waals surface area contributed by atoms with Crippen molar-refractivity contribution in [2.24, 2.45) is 10.2 Å². The number of benzene rings is 1. The zero-order valence-corrected chi connectivity index (χ0v) is 13.9. The van der Waals surface area contributed by atoms with E-state index in [1.165, 1.54) is 24.3 Å². The molecule has 0 bridgehead atoms. The minimum atomic E-state index is -4.19. The minimum absolute atomic E-state index is 0.170. The maximum absolute atomic E-state index is 11.0. The van der Waals surface area contributed by atoms with E-state index < -0.39 is 10.1 Å².